The second kappa shape index (κ2) is 4.93. The summed E-state index contributed by atoms with van der Waals surface area (Å²) in [4.78, 5) is 13.4. The summed E-state index contributed by atoms with van der Waals surface area (Å²) in [5.41, 5.74) is 0.937. The molecule has 0 saturated carbocycles. The molecular formula is C11H14OS3. The van der Waals surface area contributed by atoms with E-state index in [9.17, 15) is 4.79 Å². The summed E-state index contributed by atoms with van der Waals surface area (Å²) in [7, 11) is 0. The summed E-state index contributed by atoms with van der Waals surface area (Å²) in [6.45, 7) is 4.20. The van der Waals surface area contributed by atoms with Crippen molar-refractivity contribution < 1.29 is 4.79 Å². The number of thioether (sulfide) groups is 2. The number of thiophene rings is 1. The van der Waals surface area contributed by atoms with Crippen molar-refractivity contribution in [1.29, 1.82) is 0 Å². The molecule has 2 atom stereocenters. The van der Waals surface area contributed by atoms with Gasteiger partial charge in [-0.1, -0.05) is 6.92 Å². The lowest BCUT2D eigenvalue weighted by Crippen LogP contribution is -2.31. The van der Waals surface area contributed by atoms with Crippen LogP contribution in [0, 0.1) is 6.92 Å². The Hall–Kier alpha value is 0.0700. The minimum atomic E-state index is 0.164. The van der Waals surface area contributed by atoms with Gasteiger partial charge in [0.1, 0.15) is 0 Å². The second-order valence-corrected chi connectivity index (χ2v) is 7.48. The van der Waals surface area contributed by atoms with Crippen LogP contribution in [-0.2, 0) is 0 Å². The molecule has 0 N–H and O–H groups in total. The maximum absolute atomic E-state index is 12.3. The van der Waals surface area contributed by atoms with Gasteiger partial charge in [-0.3, -0.25) is 4.79 Å². The minimum absolute atomic E-state index is 0.164. The topological polar surface area (TPSA) is 17.1 Å². The summed E-state index contributed by atoms with van der Waals surface area (Å²) < 4.78 is 0. The number of hydrogen-bond acceptors (Lipinski definition) is 4. The molecular weight excluding hydrogens is 244 g/mol. The van der Waals surface area contributed by atoms with E-state index in [1.54, 1.807) is 11.3 Å². The van der Waals surface area contributed by atoms with Crippen molar-refractivity contribution in [3.63, 3.8) is 0 Å². The predicted octanol–water partition coefficient (Wildman–Crippen LogP) is 3.48. The standard InChI is InChI=1S/C11H14OS3/c1-7-9(3-4-13-7)10(12)11-8(2)14-5-6-15-11/h3-4,8,11H,5-6H2,1-2H3. The van der Waals surface area contributed by atoms with Crippen molar-refractivity contribution in [2.75, 3.05) is 11.5 Å². The summed E-state index contributed by atoms with van der Waals surface area (Å²) >= 11 is 5.40. The van der Waals surface area contributed by atoms with Gasteiger partial charge < -0.3 is 0 Å². The Balaban J connectivity index is 2.17. The van der Waals surface area contributed by atoms with Gasteiger partial charge >= 0.3 is 0 Å². The largest absolute Gasteiger partial charge is 0.293 e. The van der Waals surface area contributed by atoms with Gasteiger partial charge in [0.25, 0.3) is 0 Å². The molecule has 1 saturated heterocycles. The Morgan fingerprint density at radius 1 is 1.40 bits per heavy atom. The van der Waals surface area contributed by atoms with Crippen molar-refractivity contribution >= 4 is 40.6 Å². The van der Waals surface area contributed by atoms with E-state index in [-0.39, 0.29) is 5.25 Å². The third-order valence-electron chi connectivity index (χ3n) is 2.57. The van der Waals surface area contributed by atoms with E-state index in [4.69, 9.17) is 0 Å². The van der Waals surface area contributed by atoms with Gasteiger partial charge in [0.2, 0.25) is 0 Å². The van der Waals surface area contributed by atoms with Gasteiger partial charge in [0.05, 0.1) is 5.25 Å². The fraction of sp³-hybridized carbons (Fsp3) is 0.545. The van der Waals surface area contributed by atoms with E-state index in [0.29, 0.717) is 11.0 Å². The molecule has 1 aromatic rings. The normalized spacial score (nSPS) is 26.5. The number of carbonyl (C=O) groups excluding carboxylic acids is 1. The SMILES string of the molecule is Cc1sccc1C(=O)C1SCCSC1C. The zero-order chi connectivity index (χ0) is 10.8. The second-order valence-electron chi connectivity index (χ2n) is 3.62. The van der Waals surface area contributed by atoms with E-state index in [0.717, 1.165) is 16.2 Å². The highest BCUT2D eigenvalue weighted by Gasteiger charge is 2.30. The molecule has 2 unspecified atom stereocenters. The monoisotopic (exact) mass is 258 g/mol. The highest BCUT2D eigenvalue weighted by Crippen LogP contribution is 2.34. The van der Waals surface area contributed by atoms with E-state index in [1.165, 1.54) is 5.75 Å². The third-order valence-corrected chi connectivity index (χ3v) is 6.51. The first kappa shape index (κ1) is 11.6. The van der Waals surface area contributed by atoms with Crippen molar-refractivity contribution in [3.05, 3.63) is 21.9 Å². The number of ketones is 1. The molecule has 2 rings (SSSR count). The van der Waals surface area contributed by atoms with E-state index in [2.05, 4.69) is 6.92 Å². The Labute approximate surface area is 103 Å². The molecule has 1 aliphatic rings. The quantitative estimate of drug-likeness (QED) is 0.756. The maximum Gasteiger partial charge on any atom is 0.178 e. The summed E-state index contributed by atoms with van der Waals surface area (Å²) in [6, 6.07) is 1.97. The summed E-state index contributed by atoms with van der Waals surface area (Å²) in [5, 5.41) is 2.63. The van der Waals surface area contributed by atoms with Crippen molar-refractivity contribution in [1.82, 2.24) is 0 Å². The molecule has 4 heteroatoms. The zero-order valence-corrected chi connectivity index (χ0v) is 11.3. The van der Waals surface area contributed by atoms with Crippen LogP contribution < -0.4 is 0 Å². The van der Waals surface area contributed by atoms with Gasteiger partial charge in [-0.05, 0) is 18.4 Å². The Kier molecular flexibility index (Phi) is 3.80. The molecule has 1 aliphatic heterocycles. The van der Waals surface area contributed by atoms with Gasteiger partial charge in [0, 0.05) is 27.2 Å². The van der Waals surface area contributed by atoms with Crippen LogP contribution in [0.2, 0.25) is 0 Å². The fourth-order valence-corrected chi connectivity index (χ4v) is 5.13. The van der Waals surface area contributed by atoms with Crippen LogP contribution in [0.5, 0.6) is 0 Å². The highest BCUT2D eigenvalue weighted by molar-refractivity contribution is 8.07. The lowest BCUT2D eigenvalue weighted by molar-refractivity contribution is 0.0989. The average Bonchev–Trinajstić information content (AvgIpc) is 2.64. The molecule has 0 aliphatic carbocycles. The van der Waals surface area contributed by atoms with Crippen molar-refractivity contribution in [2.24, 2.45) is 0 Å². The molecule has 0 amide bonds. The van der Waals surface area contributed by atoms with Crippen molar-refractivity contribution in [3.8, 4) is 0 Å². The van der Waals surface area contributed by atoms with Crippen LogP contribution in [0.4, 0.5) is 0 Å². The molecule has 1 aromatic heterocycles. The average molecular weight is 258 g/mol. The van der Waals surface area contributed by atoms with Crippen molar-refractivity contribution in [2.45, 2.75) is 24.3 Å². The highest BCUT2D eigenvalue weighted by atomic mass is 32.2. The zero-order valence-electron chi connectivity index (χ0n) is 8.86. The molecule has 0 spiro atoms. The molecule has 1 fully saturated rings. The fourth-order valence-electron chi connectivity index (χ4n) is 1.71. The minimum Gasteiger partial charge on any atom is -0.293 e. The van der Waals surface area contributed by atoms with E-state index >= 15 is 0 Å². The molecule has 0 radical (unpaired) electrons. The van der Waals surface area contributed by atoms with E-state index in [1.807, 2.05) is 41.9 Å². The molecule has 2 heterocycles. The molecule has 1 nitrogen and oxygen atoms in total. The van der Waals surface area contributed by atoms with Gasteiger partial charge in [0.15, 0.2) is 5.78 Å². The predicted molar refractivity (Wildman–Crippen MR) is 71.6 cm³/mol. The Bertz CT molecular complexity index is 358. The summed E-state index contributed by atoms with van der Waals surface area (Å²) in [5.74, 6) is 2.62. The van der Waals surface area contributed by atoms with Gasteiger partial charge in [-0.2, -0.15) is 11.8 Å². The third kappa shape index (κ3) is 2.43. The molecule has 0 bridgehead atoms. The first-order chi connectivity index (χ1) is 7.20. The Morgan fingerprint density at radius 3 is 2.73 bits per heavy atom. The smallest absolute Gasteiger partial charge is 0.178 e. The van der Waals surface area contributed by atoms with Crippen LogP contribution in [0.25, 0.3) is 0 Å². The molecule has 0 aromatic carbocycles. The molecule has 15 heavy (non-hydrogen) atoms. The van der Waals surface area contributed by atoms with E-state index < -0.39 is 0 Å². The Morgan fingerprint density at radius 2 is 2.13 bits per heavy atom. The van der Waals surface area contributed by atoms with Gasteiger partial charge in [-0.25, -0.2) is 0 Å². The van der Waals surface area contributed by atoms with Crippen LogP contribution in [-0.4, -0.2) is 27.8 Å². The number of hydrogen-bond donors (Lipinski definition) is 0. The number of aryl methyl sites for hydroxylation is 1. The number of rotatable bonds is 2. The number of Topliss-reactive ketones (excluding diaryl/α,β-unsaturated/α-hetero) is 1. The number of carbonyl (C=O) groups is 1. The summed E-state index contributed by atoms with van der Waals surface area (Å²) in [6.07, 6.45) is 0. The first-order valence-corrected chi connectivity index (χ1v) is 7.99. The van der Waals surface area contributed by atoms with Crippen LogP contribution in [0.3, 0.4) is 0 Å². The van der Waals surface area contributed by atoms with Crippen LogP contribution in [0.15, 0.2) is 11.4 Å². The lowest BCUT2D eigenvalue weighted by Gasteiger charge is -2.26. The van der Waals surface area contributed by atoms with Crippen LogP contribution >= 0.6 is 34.9 Å². The van der Waals surface area contributed by atoms with Gasteiger partial charge in [-0.15, -0.1) is 23.1 Å². The first-order valence-electron chi connectivity index (χ1n) is 5.01. The molecule has 82 valence electrons. The maximum atomic E-state index is 12.3. The lowest BCUT2D eigenvalue weighted by atomic mass is 10.1. The van der Waals surface area contributed by atoms with Crippen LogP contribution in [0.1, 0.15) is 22.2 Å².